The zero-order valence-electron chi connectivity index (χ0n) is 14.0. The van der Waals surface area contributed by atoms with Crippen molar-refractivity contribution in [2.75, 3.05) is 6.54 Å². The summed E-state index contributed by atoms with van der Waals surface area (Å²) in [5.74, 6) is 0.0539. The predicted molar refractivity (Wildman–Crippen MR) is 90.3 cm³/mol. The molecule has 1 N–H and O–H groups in total. The van der Waals surface area contributed by atoms with Crippen molar-refractivity contribution in [3.63, 3.8) is 0 Å². The number of nitrogens with one attached hydrogen (secondary N) is 1. The molecule has 2 amide bonds. The molecular weight excluding hydrogens is 304 g/mol. The standard InChI is InChI=1S/C18H22N4O2/c1-13-16(7-10-21(13)2)18(24)22(11-14-5-8-19-9-6-14)12-15-3-4-17(23)20-15/h5-10,15H,3-4,11-12H2,1-2H3,(H,20,23)/t15-/m0/s1. The maximum absolute atomic E-state index is 13.0. The van der Waals surface area contributed by atoms with Crippen LogP contribution in [0.3, 0.4) is 0 Å². The van der Waals surface area contributed by atoms with Gasteiger partial charge in [-0.2, -0.15) is 0 Å². The lowest BCUT2D eigenvalue weighted by atomic mass is 10.1. The molecular formula is C18H22N4O2. The van der Waals surface area contributed by atoms with Crippen LogP contribution < -0.4 is 5.32 Å². The van der Waals surface area contributed by atoms with E-state index in [1.807, 2.05) is 47.8 Å². The Morgan fingerprint density at radius 1 is 1.38 bits per heavy atom. The molecule has 0 unspecified atom stereocenters. The van der Waals surface area contributed by atoms with Crippen molar-refractivity contribution >= 4 is 11.8 Å². The van der Waals surface area contributed by atoms with Gasteiger partial charge in [-0.3, -0.25) is 14.6 Å². The Balaban J connectivity index is 1.81. The van der Waals surface area contributed by atoms with E-state index in [1.54, 1.807) is 12.4 Å². The number of hydrogen-bond donors (Lipinski definition) is 1. The Kier molecular flexibility index (Phi) is 4.64. The van der Waals surface area contributed by atoms with Crippen LogP contribution in [0.2, 0.25) is 0 Å². The third-order valence-corrected chi connectivity index (χ3v) is 4.55. The molecule has 3 heterocycles. The molecule has 1 atom stereocenters. The van der Waals surface area contributed by atoms with Crippen LogP contribution in [0.5, 0.6) is 0 Å². The molecule has 1 aliphatic heterocycles. The van der Waals surface area contributed by atoms with Crippen molar-refractivity contribution < 1.29 is 9.59 Å². The molecule has 0 aliphatic carbocycles. The van der Waals surface area contributed by atoms with Gasteiger partial charge in [0.2, 0.25) is 5.91 Å². The topological polar surface area (TPSA) is 67.2 Å². The molecule has 24 heavy (non-hydrogen) atoms. The van der Waals surface area contributed by atoms with E-state index >= 15 is 0 Å². The maximum Gasteiger partial charge on any atom is 0.256 e. The van der Waals surface area contributed by atoms with Crippen LogP contribution in [0, 0.1) is 6.92 Å². The van der Waals surface area contributed by atoms with Gasteiger partial charge >= 0.3 is 0 Å². The number of hydrogen-bond acceptors (Lipinski definition) is 3. The molecule has 0 spiro atoms. The highest BCUT2D eigenvalue weighted by Crippen LogP contribution is 2.17. The van der Waals surface area contributed by atoms with Gasteiger partial charge in [-0.15, -0.1) is 0 Å². The minimum absolute atomic E-state index is 0.00828. The second-order valence-corrected chi connectivity index (χ2v) is 6.27. The van der Waals surface area contributed by atoms with Crippen molar-refractivity contribution in [1.82, 2.24) is 19.8 Å². The molecule has 3 rings (SSSR count). The van der Waals surface area contributed by atoms with E-state index in [1.165, 1.54) is 0 Å². The van der Waals surface area contributed by atoms with E-state index in [2.05, 4.69) is 10.3 Å². The first-order valence-corrected chi connectivity index (χ1v) is 8.14. The molecule has 126 valence electrons. The van der Waals surface area contributed by atoms with Crippen LogP contribution in [-0.2, 0) is 18.4 Å². The summed E-state index contributed by atoms with van der Waals surface area (Å²) in [6.07, 6.45) is 6.65. The maximum atomic E-state index is 13.0. The van der Waals surface area contributed by atoms with Crippen molar-refractivity contribution in [3.05, 3.63) is 53.6 Å². The molecule has 0 saturated carbocycles. The molecule has 2 aromatic rings. The first-order chi connectivity index (χ1) is 11.5. The number of carbonyl (C=O) groups excluding carboxylic acids is 2. The van der Waals surface area contributed by atoms with Crippen molar-refractivity contribution in [1.29, 1.82) is 0 Å². The van der Waals surface area contributed by atoms with Crippen LogP contribution in [0.1, 0.15) is 34.5 Å². The Morgan fingerprint density at radius 2 is 2.12 bits per heavy atom. The van der Waals surface area contributed by atoms with Gasteiger partial charge in [0, 0.05) is 56.9 Å². The lowest BCUT2D eigenvalue weighted by Crippen LogP contribution is -2.41. The van der Waals surface area contributed by atoms with Crippen LogP contribution >= 0.6 is 0 Å². The fourth-order valence-corrected chi connectivity index (χ4v) is 3.01. The number of aromatic nitrogens is 2. The molecule has 1 saturated heterocycles. The minimum atomic E-state index is -0.00828. The van der Waals surface area contributed by atoms with Gasteiger partial charge in [0.05, 0.1) is 5.56 Å². The summed E-state index contributed by atoms with van der Waals surface area (Å²) in [6, 6.07) is 5.69. The van der Waals surface area contributed by atoms with Gasteiger partial charge in [0.15, 0.2) is 0 Å². The van der Waals surface area contributed by atoms with Crippen molar-refractivity contribution in [2.45, 2.75) is 32.4 Å². The van der Waals surface area contributed by atoms with Crippen molar-refractivity contribution in [3.8, 4) is 0 Å². The Labute approximate surface area is 141 Å². The Bertz CT molecular complexity index is 739. The average molecular weight is 326 g/mol. The lowest BCUT2D eigenvalue weighted by molar-refractivity contribution is -0.119. The third kappa shape index (κ3) is 3.48. The monoisotopic (exact) mass is 326 g/mol. The number of aryl methyl sites for hydroxylation is 1. The highest BCUT2D eigenvalue weighted by atomic mass is 16.2. The van der Waals surface area contributed by atoms with E-state index in [-0.39, 0.29) is 17.9 Å². The predicted octanol–water partition coefficient (Wildman–Crippen LogP) is 1.65. The third-order valence-electron chi connectivity index (χ3n) is 4.55. The van der Waals surface area contributed by atoms with Gasteiger partial charge in [-0.05, 0) is 37.1 Å². The zero-order chi connectivity index (χ0) is 17.1. The van der Waals surface area contributed by atoms with E-state index in [9.17, 15) is 9.59 Å². The first kappa shape index (κ1) is 16.2. The quantitative estimate of drug-likeness (QED) is 0.908. The number of carbonyl (C=O) groups is 2. The summed E-state index contributed by atoms with van der Waals surface area (Å²) in [7, 11) is 1.93. The van der Waals surface area contributed by atoms with Crippen LogP contribution in [0.4, 0.5) is 0 Å². The summed E-state index contributed by atoms with van der Waals surface area (Å²) in [4.78, 5) is 30.3. The number of pyridine rings is 1. The molecule has 1 aliphatic rings. The van der Waals surface area contributed by atoms with Crippen molar-refractivity contribution in [2.24, 2.45) is 7.05 Å². The summed E-state index contributed by atoms with van der Waals surface area (Å²) < 4.78 is 1.94. The van der Waals surface area contributed by atoms with Crippen LogP contribution in [0.15, 0.2) is 36.8 Å². The Hall–Kier alpha value is -2.63. The minimum Gasteiger partial charge on any atom is -0.354 e. The largest absolute Gasteiger partial charge is 0.354 e. The normalized spacial score (nSPS) is 16.9. The molecule has 6 heteroatoms. The van der Waals surface area contributed by atoms with Crippen LogP contribution in [0.25, 0.3) is 0 Å². The summed E-state index contributed by atoms with van der Waals surface area (Å²) in [5, 5.41) is 2.95. The van der Waals surface area contributed by atoms with Gasteiger partial charge in [0.1, 0.15) is 0 Å². The van der Waals surface area contributed by atoms with Crippen LogP contribution in [-0.4, -0.2) is 38.9 Å². The molecule has 6 nitrogen and oxygen atoms in total. The highest BCUT2D eigenvalue weighted by Gasteiger charge is 2.27. The van der Waals surface area contributed by atoms with Gasteiger partial charge in [-0.1, -0.05) is 0 Å². The van der Waals surface area contributed by atoms with E-state index < -0.39 is 0 Å². The smallest absolute Gasteiger partial charge is 0.256 e. The van der Waals surface area contributed by atoms with E-state index in [0.717, 1.165) is 17.7 Å². The number of nitrogens with zero attached hydrogens (tertiary/aromatic N) is 3. The fraction of sp³-hybridized carbons (Fsp3) is 0.389. The van der Waals surface area contributed by atoms with Gasteiger partial charge < -0.3 is 14.8 Å². The second-order valence-electron chi connectivity index (χ2n) is 6.27. The fourth-order valence-electron chi connectivity index (χ4n) is 3.01. The SMILES string of the molecule is Cc1c(C(=O)N(Cc2ccncc2)C[C@@H]2CCC(=O)N2)ccn1C. The lowest BCUT2D eigenvalue weighted by Gasteiger charge is -2.26. The second kappa shape index (κ2) is 6.86. The van der Waals surface area contributed by atoms with Gasteiger partial charge in [-0.25, -0.2) is 0 Å². The summed E-state index contributed by atoms with van der Waals surface area (Å²) >= 11 is 0. The van der Waals surface area contributed by atoms with E-state index in [0.29, 0.717) is 25.1 Å². The molecule has 0 bridgehead atoms. The first-order valence-electron chi connectivity index (χ1n) is 8.14. The number of amides is 2. The molecule has 1 fully saturated rings. The average Bonchev–Trinajstić information content (AvgIpc) is 3.13. The van der Waals surface area contributed by atoms with E-state index in [4.69, 9.17) is 0 Å². The Morgan fingerprint density at radius 3 is 2.71 bits per heavy atom. The summed E-state index contributed by atoms with van der Waals surface area (Å²) in [5.41, 5.74) is 2.67. The highest BCUT2D eigenvalue weighted by molar-refractivity contribution is 5.95. The number of rotatable bonds is 5. The zero-order valence-corrected chi connectivity index (χ0v) is 14.0. The molecule has 0 aromatic carbocycles. The van der Waals surface area contributed by atoms with Gasteiger partial charge in [0.25, 0.3) is 5.91 Å². The molecule has 0 radical (unpaired) electrons. The molecule has 2 aromatic heterocycles. The summed E-state index contributed by atoms with van der Waals surface area (Å²) in [6.45, 7) is 2.96.